The van der Waals surface area contributed by atoms with Gasteiger partial charge >= 0.3 is 5.97 Å². The summed E-state index contributed by atoms with van der Waals surface area (Å²) < 4.78 is 12.0. The SMILES string of the molecule is Cc1ccc([C@@H](C)OCC(O)CNC2(Cc3ccc4ccccc4c3)CC2)c2c1O[C@H]1[C@H](C(=O)O)[C@@H]21. The number of β-amino-alcohol motifs (C(OH)–C–C–N with tert-alkyl or cyclic N) is 1. The van der Waals surface area contributed by atoms with Crippen molar-refractivity contribution in [3.8, 4) is 5.75 Å². The van der Waals surface area contributed by atoms with Crippen LogP contribution in [0.15, 0.2) is 54.6 Å². The van der Waals surface area contributed by atoms with E-state index in [9.17, 15) is 15.0 Å². The molecule has 0 radical (unpaired) electrons. The fraction of sp³-hybridized carbons (Fsp3) is 0.433. The highest BCUT2D eigenvalue weighted by atomic mass is 16.5. The summed E-state index contributed by atoms with van der Waals surface area (Å²) in [6, 6.07) is 19.1. The highest BCUT2D eigenvalue weighted by Gasteiger charge is 2.64. The Morgan fingerprint density at radius 2 is 1.94 bits per heavy atom. The second-order valence-electron chi connectivity index (χ2n) is 10.8. The molecule has 3 aromatic carbocycles. The first-order valence-corrected chi connectivity index (χ1v) is 12.9. The summed E-state index contributed by atoms with van der Waals surface area (Å²) in [6.45, 7) is 4.62. The van der Waals surface area contributed by atoms with Gasteiger partial charge in [0.25, 0.3) is 0 Å². The number of fused-ring (bicyclic) bond motifs is 4. The van der Waals surface area contributed by atoms with E-state index >= 15 is 0 Å². The lowest BCUT2D eigenvalue weighted by atomic mass is 9.95. The maximum Gasteiger partial charge on any atom is 0.311 e. The maximum absolute atomic E-state index is 11.5. The molecule has 1 unspecified atom stereocenters. The first kappa shape index (κ1) is 23.5. The first-order valence-electron chi connectivity index (χ1n) is 12.9. The molecule has 1 heterocycles. The van der Waals surface area contributed by atoms with Crippen LogP contribution in [-0.2, 0) is 16.0 Å². The molecule has 5 atom stereocenters. The average molecular weight is 488 g/mol. The molecule has 36 heavy (non-hydrogen) atoms. The van der Waals surface area contributed by atoms with E-state index in [2.05, 4.69) is 47.8 Å². The smallest absolute Gasteiger partial charge is 0.311 e. The molecule has 6 nitrogen and oxygen atoms in total. The number of carboxylic acid groups (broad SMARTS) is 1. The third-order valence-electron chi connectivity index (χ3n) is 8.15. The van der Waals surface area contributed by atoms with E-state index < -0.39 is 18.0 Å². The van der Waals surface area contributed by atoms with E-state index in [1.165, 1.54) is 16.3 Å². The molecular formula is C30H33NO5. The second kappa shape index (κ2) is 8.87. The largest absolute Gasteiger partial charge is 0.488 e. The van der Waals surface area contributed by atoms with Crippen LogP contribution in [0.2, 0.25) is 0 Å². The summed E-state index contributed by atoms with van der Waals surface area (Å²) in [5.74, 6) is -0.579. The van der Waals surface area contributed by atoms with Gasteiger partial charge in [0.05, 0.1) is 18.8 Å². The number of ether oxygens (including phenoxy) is 2. The first-order chi connectivity index (χ1) is 17.3. The van der Waals surface area contributed by atoms with Crippen LogP contribution < -0.4 is 10.1 Å². The lowest BCUT2D eigenvalue weighted by Crippen LogP contribution is -2.40. The van der Waals surface area contributed by atoms with Crippen molar-refractivity contribution in [2.45, 2.75) is 62.9 Å². The number of nitrogens with one attached hydrogen (secondary N) is 1. The van der Waals surface area contributed by atoms with Crippen LogP contribution in [0, 0.1) is 12.8 Å². The Kier molecular flexibility index (Phi) is 5.78. The minimum Gasteiger partial charge on any atom is -0.488 e. The quantitative estimate of drug-likeness (QED) is 0.390. The molecule has 1 aliphatic heterocycles. The van der Waals surface area contributed by atoms with Gasteiger partial charge in [0.15, 0.2) is 0 Å². The molecule has 6 rings (SSSR count). The van der Waals surface area contributed by atoms with E-state index in [0.29, 0.717) is 6.54 Å². The number of aliphatic hydroxyl groups is 1. The Bertz CT molecular complexity index is 1320. The maximum atomic E-state index is 11.5. The summed E-state index contributed by atoms with van der Waals surface area (Å²) in [4.78, 5) is 11.5. The number of hydrogen-bond donors (Lipinski definition) is 3. The molecule has 188 valence electrons. The van der Waals surface area contributed by atoms with Crippen LogP contribution in [0.25, 0.3) is 10.8 Å². The fourth-order valence-corrected chi connectivity index (χ4v) is 5.83. The van der Waals surface area contributed by atoms with Gasteiger partial charge in [-0.3, -0.25) is 4.79 Å². The summed E-state index contributed by atoms with van der Waals surface area (Å²) in [6.07, 6.45) is 2.00. The van der Waals surface area contributed by atoms with Gasteiger partial charge in [-0.25, -0.2) is 0 Å². The van der Waals surface area contributed by atoms with E-state index in [4.69, 9.17) is 9.47 Å². The molecule has 2 saturated carbocycles. The molecule has 2 aliphatic carbocycles. The van der Waals surface area contributed by atoms with Crippen LogP contribution in [0.5, 0.6) is 5.75 Å². The van der Waals surface area contributed by atoms with Gasteiger partial charge < -0.3 is 25.0 Å². The van der Waals surface area contributed by atoms with Gasteiger partial charge in [-0.2, -0.15) is 0 Å². The Morgan fingerprint density at radius 1 is 1.17 bits per heavy atom. The number of benzene rings is 3. The third kappa shape index (κ3) is 4.27. The Labute approximate surface area is 211 Å². The van der Waals surface area contributed by atoms with Crippen molar-refractivity contribution in [2.75, 3.05) is 13.2 Å². The standard InChI is InChI=1S/C30H33NO5/c1-17-7-10-23(24-25-26(29(33)34)28(25)36-27(17)24)18(2)35-16-22(32)15-31-30(11-12-30)14-19-8-9-20-5-3-4-6-21(20)13-19/h3-10,13,18,22,25-26,28,31-32H,11-12,14-16H2,1-2H3,(H,33,34)/t18-,22?,25-,26-,28-/m1/s1. The number of aryl methyl sites for hydroxylation is 1. The van der Waals surface area contributed by atoms with Crippen molar-refractivity contribution in [1.82, 2.24) is 5.32 Å². The van der Waals surface area contributed by atoms with Crippen LogP contribution in [0.1, 0.15) is 54.0 Å². The van der Waals surface area contributed by atoms with Crippen molar-refractivity contribution in [1.29, 1.82) is 0 Å². The molecule has 0 bridgehead atoms. The highest BCUT2D eigenvalue weighted by Crippen LogP contribution is 2.61. The van der Waals surface area contributed by atoms with Crippen molar-refractivity contribution in [2.24, 2.45) is 5.92 Å². The second-order valence-corrected chi connectivity index (χ2v) is 10.8. The predicted molar refractivity (Wildman–Crippen MR) is 137 cm³/mol. The number of aliphatic hydroxyl groups excluding tert-OH is 1. The average Bonchev–Trinajstić information content (AvgIpc) is 3.76. The predicted octanol–water partition coefficient (Wildman–Crippen LogP) is 4.51. The van der Waals surface area contributed by atoms with Crippen LogP contribution in [0.4, 0.5) is 0 Å². The molecule has 2 fully saturated rings. The molecule has 0 amide bonds. The minimum absolute atomic E-state index is 0.0526. The van der Waals surface area contributed by atoms with Gasteiger partial charge in [0.1, 0.15) is 17.8 Å². The Hall–Kier alpha value is -2.93. The molecule has 3 N–H and O–H groups in total. The number of carboxylic acids is 1. The highest BCUT2D eigenvalue weighted by molar-refractivity contribution is 5.83. The van der Waals surface area contributed by atoms with E-state index in [0.717, 1.165) is 41.7 Å². The van der Waals surface area contributed by atoms with Crippen molar-refractivity contribution >= 4 is 16.7 Å². The summed E-state index contributed by atoms with van der Waals surface area (Å²) in [5.41, 5.74) is 4.31. The monoisotopic (exact) mass is 487 g/mol. The number of aliphatic carboxylic acids is 1. The lowest BCUT2D eigenvalue weighted by molar-refractivity contribution is -0.139. The zero-order valence-electron chi connectivity index (χ0n) is 20.7. The summed E-state index contributed by atoms with van der Waals surface area (Å²) >= 11 is 0. The van der Waals surface area contributed by atoms with E-state index in [1.807, 2.05) is 26.0 Å². The molecular weight excluding hydrogens is 454 g/mol. The summed E-state index contributed by atoms with van der Waals surface area (Å²) in [7, 11) is 0. The molecule has 0 saturated heterocycles. The van der Waals surface area contributed by atoms with Crippen molar-refractivity contribution < 1.29 is 24.5 Å². The minimum atomic E-state index is -0.809. The molecule has 0 aromatic heterocycles. The van der Waals surface area contributed by atoms with Crippen LogP contribution in [0.3, 0.4) is 0 Å². The van der Waals surface area contributed by atoms with Gasteiger partial charge in [-0.1, -0.05) is 54.6 Å². The lowest BCUT2D eigenvalue weighted by Gasteiger charge is -2.23. The van der Waals surface area contributed by atoms with Crippen molar-refractivity contribution in [3.63, 3.8) is 0 Å². The molecule has 6 heteroatoms. The Morgan fingerprint density at radius 3 is 2.69 bits per heavy atom. The summed E-state index contributed by atoms with van der Waals surface area (Å²) in [5, 5.41) is 26.2. The fourth-order valence-electron chi connectivity index (χ4n) is 5.83. The van der Waals surface area contributed by atoms with Gasteiger partial charge in [0.2, 0.25) is 0 Å². The number of rotatable bonds is 10. The zero-order valence-corrected chi connectivity index (χ0v) is 20.7. The number of carbonyl (C=O) groups is 1. The van der Waals surface area contributed by atoms with E-state index in [-0.39, 0.29) is 30.3 Å². The third-order valence-corrected chi connectivity index (χ3v) is 8.15. The van der Waals surface area contributed by atoms with Crippen LogP contribution in [-0.4, -0.2) is 47.1 Å². The molecule has 3 aliphatic rings. The van der Waals surface area contributed by atoms with Crippen molar-refractivity contribution in [3.05, 3.63) is 76.9 Å². The molecule has 3 aromatic rings. The Balaban J connectivity index is 1.04. The van der Waals surface area contributed by atoms with Gasteiger partial charge in [0, 0.05) is 23.6 Å². The van der Waals surface area contributed by atoms with Gasteiger partial charge in [-0.05, 0) is 60.6 Å². The van der Waals surface area contributed by atoms with Gasteiger partial charge in [-0.15, -0.1) is 0 Å². The zero-order chi connectivity index (χ0) is 25.0. The van der Waals surface area contributed by atoms with E-state index in [1.54, 1.807) is 0 Å². The van der Waals surface area contributed by atoms with Crippen LogP contribution >= 0.6 is 0 Å². The topological polar surface area (TPSA) is 88.0 Å². The normalized spacial score (nSPS) is 24.5. The number of hydrogen-bond acceptors (Lipinski definition) is 5. The molecule has 0 spiro atoms.